The van der Waals surface area contributed by atoms with Gasteiger partial charge in [0.05, 0.1) is 11.5 Å². The minimum absolute atomic E-state index is 0.0342. The predicted molar refractivity (Wildman–Crippen MR) is 99.7 cm³/mol. The second kappa shape index (κ2) is 7.45. The van der Waals surface area contributed by atoms with Gasteiger partial charge in [-0.3, -0.25) is 9.78 Å². The van der Waals surface area contributed by atoms with Crippen molar-refractivity contribution in [2.45, 2.75) is 44.4 Å². The van der Waals surface area contributed by atoms with Crippen LogP contribution in [0.3, 0.4) is 0 Å². The average molecular weight is 389 g/mol. The smallest absolute Gasteiger partial charge is 0.368 e. The average Bonchev–Trinajstić information content (AvgIpc) is 2.71. The predicted octanol–water partition coefficient (Wildman–Crippen LogP) is 3.95. The Bertz CT molecular complexity index is 854. The maximum atomic E-state index is 13.2. The first-order chi connectivity index (χ1) is 13.4. The van der Waals surface area contributed by atoms with Crippen molar-refractivity contribution < 1.29 is 18.0 Å². The van der Waals surface area contributed by atoms with Crippen LogP contribution in [-0.4, -0.2) is 23.5 Å². The Morgan fingerprint density at radius 2 is 2.11 bits per heavy atom. The van der Waals surface area contributed by atoms with Crippen LogP contribution in [-0.2, 0) is 23.9 Å². The molecule has 3 heterocycles. The Kier molecular flexibility index (Phi) is 5.00. The Morgan fingerprint density at radius 3 is 2.86 bits per heavy atom. The van der Waals surface area contributed by atoms with E-state index in [0.717, 1.165) is 43.1 Å². The highest BCUT2D eigenvalue weighted by Crippen LogP contribution is 2.41. The van der Waals surface area contributed by atoms with E-state index in [1.54, 1.807) is 24.5 Å². The van der Waals surface area contributed by atoms with Gasteiger partial charge in [0.15, 0.2) is 0 Å². The standard InChI is InChI=1S/C21H22F3N3O/c22-21(23,24)16-6-7-18-15(10-16)11-17(19-5-1-2-9-27(18)19)20(28)26-13-14-4-3-8-25-12-14/h3-4,6-8,10,12,17,19H,1-2,5,9,11,13H2,(H,26,28)/t17-,19+/m0/s1. The Balaban J connectivity index is 1.58. The van der Waals surface area contributed by atoms with Crippen molar-refractivity contribution in [2.24, 2.45) is 5.92 Å². The molecule has 1 fully saturated rings. The number of hydrogen-bond acceptors (Lipinski definition) is 3. The fourth-order valence-electron chi connectivity index (χ4n) is 4.34. The van der Waals surface area contributed by atoms with Crippen molar-refractivity contribution in [3.8, 4) is 0 Å². The van der Waals surface area contributed by atoms with Crippen LogP contribution < -0.4 is 10.2 Å². The summed E-state index contributed by atoms with van der Waals surface area (Å²) < 4.78 is 39.5. The summed E-state index contributed by atoms with van der Waals surface area (Å²) in [6.45, 7) is 1.14. The van der Waals surface area contributed by atoms with Crippen molar-refractivity contribution in [1.29, 1.82) is 0 Å². The molecule has 1 amide bonds. The number of anilines is 1. The number of alkyl halides is 3. The Labute approximate surface area is 161 Å². The molecule has 1 aromatic heterocycles. The second-order valence-electron chi connectivity index (χ2n) is 7.49. The maximum absolute atomic E-state index is 13.2. The third kappa shape index (κ3) is 3.70. The molecule has 4 rings (SSSR count). The van der Waals surface area contributed by atoms with E-state index in [4.69, 9.17) is 0 Å². The van der Waals surface area contributed by atoms with Gasteiger partial charge in [-0.2, -0.15) is 13.2 Å². The van der Waals surface area contributed by atoms with E-state index in [1.165, 1.54) is 6.07 Å². The van der Waals surface area contributed by atoms with E-state index in [-0.39, 0.29) is 17.9 Å². The fraction of sp³-hybridized carbons (Fsp3) is 0.429. The monoisotopic (exact) mass is 389 g/mol. The lowest BCUT2D eigenvalue weighted by Gasteiger charge is -2.46. The molecule has 0 spiro atoms. The lowest BCUT2D eigenvalue weighted by molar-refractivity contribution is -0.137. The Morgan fingerprint density at radius 1 is 1.25 bits per heavy atom. The number of benzene rings is 1. The van der Waals surface area contributed by atoms with Crippen LogP contribution in [0.4, 0.5) is 18.9 Å². The van der Waals surface area contributed by atoms with Gasteiger partial charge in [-0.1, -0.05) is 6.07 Å². The van der Waals surface area contributed by atoms with Gasteiger partial charge >= 0.3 is 6.18 Å². The molecule has 148 valence electrons. The van der Waals surface area contributed by atoms with E-state index in [0.29, 0.717) is 18.5 Å². The SMILES string of the molecule is O=C(NCc1cccnc1)[C@H]1Cc2cc(C(F)(F)F)ccc2N2CCCC[C@H]12. The van der Waals surface area contributed by atoms with Crippen molar-refractivity contribution in [3.05, 3.63) is 59.4 Å². The third-order valence-electron chi connectivity index (χ3n) is 5.70. The van der Waals surface area contributed by atoms with Crippen LogP contribution in [0.5, 0.6) is 0 Å². The molecule has 0 aliphatic carbocycles. The van der Waals surface area contributed by atoms with Crippen molar-refractivity contribution in [1.82, 2.24) is 10.3 Å². The molecule has 2 aromatic rings. The number of nitrogens with one attached hydrogen (secondary N) is 1. The summed E-state index contributed by atoms with van der Waals surface area (Å²) in [4.78, 5) is 19.1. The molecule has 2 atom stereocenters. The number of halogens is 3. The highest BCUT2D eigenvalue weighted by molar-refractivity contribution is 5.82. The lowest BCUT2D eigenvalue weighted by atomic mass is 9.80. The highest BCUT2D eigenvalue weighted by Gasteiger charge is 2.40. The largest absolute Gasteiger partial charge is 0.416 e. The molecule has 2 aliphatic heterocycles. The number of nitrogens with zero attached hydrogens (tertiary/aromatic N) is 2. The van der Waals surface area contributed by atoms with Gasteiger partial charge in [0.2, 0.25) is 5.91 Å². The zero-order valence-electron chi connectivity index (χ0n) is 15.4. The molecule has 1 aromatic carbocycles. The summed E-state index contributed by atoms with van der Waals surface area (Å²) in [5.74, 6) is -0.461. The highest BCUT2D eigenvalue weighted by atomic mass is 19.4. The number of hydrogen-bond donors (Lipinski definition) is 1. The van der Waals surface area contributed by atoms with Crippen LogP contribution in [0.2, 0.25) is 0 Å². The molecule has 1 saturated heterocycles. The third-order valence-corrected chi connectivity index (χ3v) is 5.70. The van der Waals surface area contributed by atoms with Gasteiger partial charge in [0.25, 0.3) is 0 Å². The molecule has 28 heavy (non-hydrogen) atoms. The van der Waals surface area contributed by atoms with E-state index in [9.17, 15) is 18.0 Å². The van der Waals surface area contributed by atoms with Crippen LogP contribution in [0.25, 0.3) is 0 Å². The first kappa shape index (κ1) is 18.8. The summed E-state index contributed by atoms with van der Waals surface area (Å²) in [6, 6.07) is 7.65. The number of carbonyl (C=O) groups excluding carboxylic acids is 1. The number of rotatable bonds is 3. The molecule has 0 radical (unpaired) electrons. The number of amides is 1. The molecule has 0 bridgehead atoms. The molecule has 4 nitrogen and oxygen atoms in total. The van der Waals surface area contributed by atoms with E-state index >= 15 is 0 Å². The minimum Gasteiger partial charge on any atom is -0.368 e. The summed E-state index contributed by atoms with van der Waals surface area (Å²) in [6.07, 6.45) is 2.21. The molecule has 0 saturated carbocycles. The van der Waals surface area contributed by atoms with Crippen LogP contribution in [0.15, 0.2) is 42.7 Å². The topological polar surface area (TPSA) is 45.2 Å². The van der Waals surface area contributed by atoms with Gasteiger partial charge in [-0.15, -0.1) is 0 Å². The molecular weight excluding hydrogens is 367 g/mol. The van der Waals surface area contributed by atoms with Gasteiger partial charge in [0.1, 0.15) is 0 Å². The first-order valence-corrected chi connectivity index (χ1v) is 9.57. The zero-order valence-corrected chi connectivity index (χ0v) is 15.4. The number of pyridine rings is 1. The number of fused-ring (bicyclic) bond motifs is 3. The molecule has 7 heteroatoms. The van der Waals surface area contributed by atoms with Gasteiger partial charge in [-0.05, 0) is 61.1 Å². The number of aromatic nitrogens is 1. The summed E-state index contributed by atoms with van der Waals surface area (Å²) in [7, 11) is 0. The van der Waals surface area contributed by atoms with E-state index < -0.39 is 11.7 Å². The molecule has 2 aliphatic rings. The van der Waals surface area contributed by atoms with Gasteiger partial charge in [-0.25, -0.2) is 0 Å². The molecule has 1 N–H and O–H groups in total. The summed E-state index contributed by atoms with van der Waals surface area (Å²) in [5.41, 5.74) is 1.69. The minimum atomic E-state index is -4.38. The first-order valence-electron chi connectivity index (χ1n) is 9.57. The van der Waals surface area contributed by atoms with Crippen molar-refractivity contribution in [3.63, 3.8) is 0 Å². The van der Waals surface area contributed by atoms with E-state index in [1.807, 2.05) is 6.07 Å². The van der Waals surface area contributed by atoms with Gasteiger partial charge < -0.3 is 10.2 Å². The second-order valence-corrected chi connectivity index (χ2v) is 7.49. The maximum Gasteiger partial charge on any atom is 0.416 e. The van der Waals surface area contributed by atoms with Crippen molar-refractivity contribution in [2.75, 3.05) is 11.4 Å². The van der Waals surface area contributed by atoms with Gasteiger partial charge in [0, 0.05) is 37.2 Å². The summed E-state index contributed by atoms with van der Waals surface area (Å²) >= 11 is 0. The number of carbonyl (C=O) groups is 1. The Hall–Kier alpha value is -2.57. The zero-order chi connectivity index (χ0) is 19.7. The van der Waals surface area contributed by atoms with E-state index in [2.05, 4.69) is 15.2 Å². The molecular formula is C21H22F3N3O. The quantitative estimate of drug-likeness (QED) is 0.865. The summed E-state index contributed by atoms with van der Waals surface area (Å²) in [5, 5.41) is 2.95. The van der Waals surface area contributed by atoms with Crippen LogP contribution in [0, 0.1) is 5.92 Å². The lowest BCUT2D eigenvalue weighted by Crippen LogP contribution is -2.53. The fourth-order valence-corrected chi connectivity index (χ4v) is 4.34. The van der Waals surface area contributed by atoms with Crippen molar-refractivity contribution >= 4 is 11.6 Å². The number of piperidine rings is 1. The van der Waals surface area contributed by atoms with Crippen LogP contribution >= 0.6 is 0 Å². The normalized spacial score (nSPS) is 21.6. The molecule has 0 unspecified atom stereocenters. The van der Waals surface area contributed by atoms with Crippen LogP contribution in [0.1, 0.15) is 36.0 Å².